The van der Waals surface area contributed by atoms with Crippen LogP contribution in [0, 0.1) is 11.7 Å². The predicted molar refractivity (Wildman–Crippen MR) is 60.5 cm³/mol. The number of benzene rings is 1. The van der Waals surface area contributed by atoms with Gasteiger partial charge in [0.25, 0.3) is 0 Å². The van der Waals surface area contributed by atoms with Gasteiger partial charge in [-0.15, -0.1) is 0 Å². The van der Waals surface area contributed by atoms with Crippen molar-refractivity contribution in [1.82, 2.24) is 5.43 Å². The number of hydrogen-bond acceptors (Lipinski definition) is 2. The van der Waals surface area contributed by atoms with E-state index in [1.807, 2.05) is 6.07 Å². The SMILES string of the molecule is CCC(C)CC(NN)c1cccc(F)c1. The monoisotopic (exact) mass is 210 g/mol. The van der Waals surface area contributed by atoms with Gasteiger partial charge in [0.05, 0.1) is 0 Å². The van der Waals surface area contributed by atoms with E-state index in [0.717, 1.165) is 18.4 Å². The molecule has 2 unspecified atom stereocenters. The molecule has 3 heteroatoms. The average Bonchev–Trinajstić information content (AvgIpc) is 2.25. The normalized spacial score (nSPS) is 14.9. The van der Waals surface area contributed by atoms with Crippen LogP contribution in [-0.4, -0.2) is 0 Å². The Hall–Kier alpha value is -0.930. The van der Waals surface area contributed by atoms with E-state index in [2.05, 4.69) is 19.3 Å². The van der Waals surface area contributed by atoms with E-state index in [4.69, 9.17) is 5.84 Å². The molecule has 1 rings (SSSR count). The minimum atomic E-state index is -0.211. The molecular formula is C12H19FN2. The Bertz CT molecular complexity index is 301. The van der Waals surface area contributed by atoms with Gasteiger partial charge in [-0.2, -0.15) is 0 Å². The molecule has 0 amide bonds. The summed E-state index contributed by atoms with van der Waals surface area (Å²) in [6.45, 7) is 4.31. The molecule has 2 atom stereocenters. The van der Waals surface area contributed by atoms with E-state index >= 15 is 0 Å². The Morgan fingerprint density at radius 1 is 1.47 bits per heavy atom. The predicted octanol–water partition coefficient (Wildman–Crippen LogP) is 2.77. The van der Waals surface area contributed by atoms with Gasteiger partial charge in [-0.05, 0) is 30.0 Å². The van der Waals surface area contributed by atoms with Gasteiger partial charge in [-0.3, -0.25) is 11.3 Å². The summed E-state index contributed by atoms with van der Waals surface area (Å²) in [5.74, 6) is 5.85. The molecule has 15 heavy (non-hydrogen) atoms. The Morgan fingerprint density at radius 3 is 2.73 bits per heavy atom. The molecule has 0 spiro atoms. The molecule has 0 aromatic heterocycles. The summed E-state index contributed by atoms with van der Waals surface area (Å²) < 4.78 is 13.0. The fourth-order valence-corrected chi connectivity index (χ4v) is 1.59. The van der Waals surface area contributed by atoms with E-state index in [-0.39, 0.29) is 11.9 Å². The summed E-state index contributed by atoms with van der Waals surface area (Å²) in [4.78, 5) is 0. The lowest BCUT2D eigenvalue weighted by atomic mass is 9.95. The summed E-state index contributed by atoms with van der Waals surface area (Å²) >= 11 is 0. The highest BCUT2D eigenvalue weighted by atomic mass is 19.1. The molecular weight excluding hydrogens is 191 g/mol. The summed E-state index contributed by atoms with van der Waals surface area (Å²) in [5, 5.41) is 0. The Balaban J connectivity index is 2.73. The maximum absolute atomic E-state index is 13.0. The minimum Gasteiger partial charge on any atom is -0.271 e. The molecule has 0 saturated carbocycles. The van der Waals surface area contributed by atoms with E-state index in [0.29, 0.717) is 5.92 Å². The topological polar surface area (TPSA) is 38.0 Å². The second kappa shape index (κ2) is 5.83. The first-order valence-corrected chi connectivity index (χ1v) is 5.39. The molecule has 3 N–H and O–H groups in total. The van der Waals surface area contributed by atoms with E-state index in [1.54, 1.807) is 6.07 Å². The number of hydrogen-bond donors (Lipinski definition) is 2. The Kier molecular flexibility index (Phi) is 4.72. The molecule has 0 radical (unpaired) electrons. The third-order valence-electron chi connectivity index (χ3n) is 2.79. The molecule has 84 valence electrons. The molecule has 0 bridgehead atoms. The highest BCUT2D eigenvalue weighted by Gasteiger charge is 2.13. The summed E-state index contributed by atoms with van der Waals surface area (Å²) in [6, 6.07) is 6.63. The number of rotatable bonds is 5. The van der Waals surface area contributed by atoms with Gasteiger partial charge in [-0.25, -0.2) is 4.39 Å². The first kappa shape index (κ1) is 12.1. The molecule has 0 saturated heterocycles. The highest BCUT2D eigenvalue weighted by Crippen LogP contribution is 2.22. The van der Waals surface area contributed by atoms with Gasteiger partial charge in [0.1, 0.15) is 5.82 Å². The molecule has 0 fully saturated rings. The highest BCUT2D eigenvalue weighted by molar-refractivity contribution is 5.20. The number of hydrazine groups is 1. The molecule has 0 aliphatic carbocycles. The fraction of sp³-hybridized carbons (Fsp3) is 0.500. The van der Waals surface area contributed by atoms with Crippen LogP contribution >= 0.6 is 0 Å². The molecule has 2 nitrogen and oxygen atoms in total. The van der Waals surface area contributed by atoms with Crippen molar-refractivity contribution in [3.63, 3.8) is 0 Å². The van der Waals surface area contributed by atoms with Crippen LogP contribution in [-0.2, 0) is 0 Å². The largest absolute Gasteiger partial charge is 0.271 e. The van der Waals surface area contributed by atoms with Crippen molar-refractivity contribution in [3.05, 3.63) is 35.6 Å². The first-order valence-electron chi connectivity index (χ1n) is 5.39. The van der Waals surface area contributed by atoms with Crippen LogP contribution in [0.3, 0.4) is 0 Å². The van der Waals surface area contributed by atoms with Crippen LogP contribution in [0.25, 0.3) is 0 Å². The smallest absolute Gasteiger partial charge is 0.123 e. The van der Waals surface area contributed by atoms with Crippen LogP contribution in [0.4, 0.5) is 4.39 Å². The van der Waals surface area contributed by atoms with Crippen LogP contribution in [0.1, 0.15) is 38.3 Å². The first-order chi connectivity index (χ1) is 7.17. The van der Waals surface area contributed by atoms with Gasteiger partial charge >= 0.3 is 0 Å². The van der Waals surface area contributed by atoms with Crippen molar-refractivity contribution in [2.75, 3.05) is 0 Å². The lowest BCUT2D eigenvalue weighted by Gasteiger charge is -2.19. The second-order valence-corrected chi connectivity index (χ2v) is 4.02. The van der Waals surface area contributed by atoms with Crippen LogP contribution in [0.15, 0.2) is 24.3 Å². The second-order valence-electron chi connectivity index (χ2n) is 4.02. The molecule has 1 aromatic rings. The van der Waals surface area contributed by atoms with Gasteiger partial charge < -0.3 is 0 Å². The molecule has 0 aliphatic rings. The van der Waals surface area contributed by atoms with E-state index in [9.17, 15) is 4.39 Å². The standard InChI is InChI=1S/C12H19FN2/c1-3-9(2)7-12(15-14)10-5-4-6-11(13)8-10/h4-6,8-9,12,15H,3,7,14H2,1-2H3. The van der Waals surface area contributed by atoms with E-state index < -0.39 is 0 Å². The quantitative estimate of drug-likeness (QED) is 0.579. The Labute approximate surface area is 90.6 Å². The third kappa shape index (κ3) is 3.61. The zero-order chi connectivity index (χ0) is 11.3. The maximum Gasteiger partial charge on any atom is 0.123 e. The van der Waals surface area contributed by atoms with Crippen molar-refractivity contribution >= 4 is 0 Å². The zero-order valence-electron chi connectivity index (χ0n) is 9.33. The number of nitrogens with one attached hydrogen (secondary N) is 1. The fourth-order valence-electron chi connectivity index (χ4n) is 1.59. The van der Waals surface area contributed by atoms with Gasteiger partial charge in [-0.1, -0.05) is 32.4 Å². The Morgan fingerprint density at radius 2 is 2.20 bits per heavy atom. The summed E-state index contributed by atoms with van der Waals surface area (Å²) in [7, 11) is 0. The van der Waals surface area contributed by atoms with Crippen LogP contribution in [0.5, 0.6) is 0 Å². The van der Waals surface area contributed by atoms with E-state index in [1.165, 1.54) is 12.1 Å². The average molecular weight is 210 g/mol. The van der Waals surface area contributed by atoms with Crippen molar-refractivity contribution in [1.29, 1.82) is 0 Å². The minimum absolute atomic E-state index is 0.0376. The molecule has 1 aromatic carbocycles. The van der Waals surface area contributed by atoms with Crippen LogP contribution in [0.2, 0.25) is 0 Å². The van der Waals surface area contributed by atoms with Gasteiger partial charge in [0.15, 0.2) is 0 Å². The lowest BCUT2D eigenvalue weighted by Crippen LogP contribution is -2.29. The zero-order valence-corrected chi connectivity index (χ0v) is 9.33. The van der Waals surface area contributed by atoms with Crippen molar-refractivity contribution in [2.45, 2.75) is 32.7 Å². The maximum atomic E-state index is 13.0. The lowest BCUT2D eigenvalue weighted by molar-refractivity contribution is 0.406. The van der Waals surface area contributed by atoms with Crippen molar-refractivity contribution in [2.24, 2.45) is 11.8 Å². The van der Waals surface area contributed by atoms with Crippen molar-refractivity contribution < 1.29 is 4.39 Å². The van der Waals surface area contributed by atoms with Crippen molar-refractivity contribution in [3.8, 4) is 0 Å². The molecule has 0 aliphatic heterocycles. The van der Waals surface area contributed by atoms with Crippen LogP contribution < -0.4 is 11.3 Å². The summed E-state index contributed by atoms with van der Waals surface area (Å²) in [6.07, 6.45) is 2.03. The number of nitrogens with two attached hydrogens (primary N) is 1. The summed E-state index contributed by atoms with van der Waals surface area (Å²) in [5.41, 5.74) is 3.66. The third-order valence-corrected chi connectivity index (χ3v) is 2.79. The molecule has 0 heterocycles. The van der Waals surface area contributed by atoms with Gasteiger partial charge in [0.2, 0.25) is 0 Å². The van der Waals surface area contributed by atoms with Gasteiger partial charge in [0, 0.05) is 6.04 Å². The number of halogens is 1.